The molecule has 3 rings (SSSR count). The van der Waals surface area contributed by atoms with Crippen LogP contribution < -0.4 is 9.47 Å². The van der Waals surface area contributed by atoms with Gasteiger partial charge in [0.2, 0.25) is 5.91 Å². The first-order chi connectivity index (χ1) is 12.6. The Morgan fingerprint density at radius 1 is 1.12 bits per heavy atom. The number of hydrogen-bond donors (Lipinski definition) is 0. The van der Waals surface area contributed by atoms with Crippen LogP contribution in [0.25, 0.3) is 0 Å². The van der Waals surface area contributed by atoms with Gasteiger partial charge in [0, 0.05) is 32.6 Å². The third kappa shape index (κ3) is 4.33. The second-order valence-corrected chi connectivity index (χ2v) is 6.61. The Kier molecular flexibility index (Phi) is 6.08. The van der Waals surface area contributed by atoms with Crippen LogP contribution >= 0.6 is 11.6 Å². The maximum Gasteiger partial charge on any atom is 0.409 e. The van der Waals surface area contributed by atoms with Gasteiger partial charge in [0.05, 0.1) is 31.3 Å². The van der Waals surface area contributed by atoms with Crippen LogP contribution in [0.1, 0.15) is 18.9 Å². The molecule has 0 N–H and O–H groups in total. The molecule has 8 heteroatoms. The predicted molar refractivity (Wildman–Crippen MR) is 95.9 cm³/mol. The smallest absolute Gasteiger partial charge is 0.409 e. The molecule has 0 spiro atoms. The highest BCUT2D eigenvalue weighted by Crippen LogP contribution is 2.38. The van der Waals surface area contributed by atoms with Crippen LogP contribution in [0.15, 0.2) is 12.1 Å². The molecule has 0 radical (unpaired) electrons. The number of rotatable bonds is 3. The molecule has 1 aromatic carbocycles. The zero-order chi connectivity index (χ0) is 18.5. The molecule has 142 valence electrons. The largest absolute Gasteiger partial charge is 0.489 e. The van der Waals surface area contributed by atoms with Gasteiger partial charge in [0.1, 0.15) is 0 Å². The number of carbonyl (C=O) groups is 2. The van der Waals surface area contributed by atoms with Gasteiger partial charge in [0.25, 0.3) is 0 Å². The quantitative estimate of drug-likeness (QED) is 0.802. The number of nitrogens with zero attached hydrogens (tertiary/aromatic N) is 2. The average Bonchev–Trinajstić information content (AvgIpc) is 2.88. The van der Waals surface area contributed by atoms with Gasteiger partial charge in [-0.05, 0) is 24.6 Å². The third-order valence-corrected chi connectivity index (χ3v) is 4.66. The van der Waals surface area contributed by atoms with Crippen LogP contribution in [0, 0.1) is 0 Å². The molecule has 26 heavy (non-hydrogen) atoms. The van der Waals surface area contributed by atoms with Gasteiger partial charge in [-0.1, -0.05) is 11.6 Å². The normalized spacial score (nSPS) is 16.8. The highest BCUT2D eigenvalue weighted by Gasteiger charge is 2.25. The molecule has 2 amide bonds. The molecule has 2 aliphatic heterocycles. The Hall–Kier alpha value is -2.15. The molecule has 1 aromatic rings. The SMILES string of the molecule is CCOC(=O)N1CCN(C(=O)Cc2cc(Cl)c3c(c2)OCCCO3)CC1. The van der Waals surface area contributed by atoms with Gasteiger partial charge in [-0.25, -0.2) is 4.79 Å². The lowest BCUT2D eigenvalue weighted by atomic mass is 10.1. The van der Waals surface area contributed by atoms with Crippen molar-refractivity contribution in [2.75, 3.05) is 46.0 Å². The second-order valence-electron chi connectivity index (χ2n) is 6.20. The van der Waals surface area contributed by atoms with Crippen molar-refractivity contribution in [1.29, 1.82) is 0 Å². The summed E-state index contributed by atoms with van der Waals surface area (Å²) in [4.78, 5) is 27.7. The lowest BCUT2D eigenvalue weighted by Crippen LogP contribution is -2.51. The molecule has 0 unspecified atom stereocenters. The van der Waals surface area contributed by atoms with Crippen molar-refractivity contribution in [3.63, 3.8) is 0 Å². The van der Waals surface area contributed by atoms with Crippen molar-refractivity contribution < 1.29 is 23.8 Å². The van der Waals surface area contributed by atoms with Gasteiger partial charge < -0.3 is 24.0 Å². The summed E-state index contributed by atoms with van der Waals surface area (Å²) in [5.74, 6) is 1.13. The Morgan fingerprint density at radius 3 is 2.54 bits per heavy atom. The fourth-order valence-electron chi connectivity index (χ4n) is 3.03. The summed E-state index contributed by atoms with van der Waals surface area (Å²) in [7, 11) is 0. The number of ether oxygens (including phenoxy) is 3. The summed E-state index contributed by atoms with van der Waals surface area (Å²) in [5.41, 5.74) is 0.789. The predicted octanol–water partition coefficient (Wildman–Crippen LogP) is 2.34. The van der Waals surface area contributed by atoms with E-state index < -0.39 is 0 Å². The number of carbonyl (C=O) groups excluding carboxylic acids is 2. The standard InChI is InChI=1S/C18H23ClN2O5/c1-2-24-18(23)21-6-4-20(5-7-21)16(22)12-13-10-14(19)17-15(11-13)25-8-3-9-26-17/h10-11H,2-9,12H2,1H3. The molecule has 0 aromatic heterocycles. The molecule has 2 aliphatic rings. The van der Waals surface area contributed by atoms with Gasteiger partial charge in [-0.2, -0.15) is 0 Å². The third-order valence-electron chi connectivity index (χ3n) is 4.38. The van der Waals surface area contributed by atoms with Gasteiger partial charge >= 0.3 is 6.09 Å². The number of piperazine rings is 1. The fraction of sp³-hybridized carbons (Fsp3) is 0.556. The molecule has 1 saturated heterocycles. The van der Waals surface area contributed by atoms with Crippen LogP contribution in [-0.2, 0) is 16.0 Å². The van der Waals surface area contributed by atoms with E-state index in [9.17, 15) is 9.59 Å². The molecule has 2 heterocycles. The first-order valence-corrected chi connectivity index (χ1v) is 9.23. The van der Waals surface area contributed by atoms with Crippen LogP contribution in [0.4, 0.5) is 4.79 Å². The van der Waals surface area contributed by atoms with Crippen molar-refractivity contribution in [3.05, 3.63) is 22.7 Å². The zero-order valence-electron chi connectivity index (χ0n) is 14.8. The number of halogens is 1. The first kappa shape index (κ1) is 18.6. The summed E-state index contributed by atoms with van der Waals surface area (Å²) in [6, 6.07) is 3.57. The number of amides is 2. The molecule has 7 nitrogen and oxygen atoms in total. The molecule has 0 atom stereocenters. The Morgan fingerprint density at radius 2 is 1.81 bits per heavy atom. The van der Waals surface area contributed by atoms with E-state index in [4.69, 9.17) is 25.8 Å². The van der Waals surface area contributed by atoms with E-state index in [0.717, 1.165) is 12.0 Å². The van der Waals surface area contributed by atoms with E-state index >= 15 is 0 Å². The van der Waals surface area contributed by atoms with Crippen LogP contribution in [0.3, 0.4) is 0 Å². The fourth-order valence-corrected chi connectivity index (χ4v) is 3.31. The molecule has 0 saturated carbocycles. The van der Waals surface area contributed by atoms with Crippen LogP contribution in [-0.4, -0.2) is 67.8 Å². The maximum absolute atomic E-state index is 12.6. The van der Waals surface area contributed by atoms with Crippen molar-refractivity contribution in [2.24, 2.45) is 0 Å². The van der Waals surface area contributed by atoms with Crippen molar-refractivity contribution in [2.45, 2.75) is 19.8 Å². The summed E-state index contributed by atoms with van der Waals surface area (Å²) < 4.78 is 16.3. The highest BCUT2D eigenvalue weighted by atomic mass is 35.5. The summed E-state index contributed by atoms with van der Waals surface area (Å²) in [6.07, 6.45) is 0.703. The number of benzene rings is 1. The van der Waals surface area contributed by atoms with Gasteiger partial charge in [-0.3, -0.25) is 4.79 Å². The topological polar surface area (TPSA) is 68.3 Å². The number of hydrogen-bond acceptors (Lipinski definition) is 5. The summed E-state index contributed by atoms with van der Waals surface area (Å²) >= 11 is 6.28. The second kappa shape index (κ2) is 8.49. The van der Waals surface area contributed by atoms with Crippen LogP contribution in [0.2, 0.25) is 5.02 Å². The molecular formula is C18H23ClN2O5. The van der Waals surface area contributed by atoms with E-state index in [1.54, 1.807) is 22.8 Å². The molecule has 0 bridgehead atoms. The minimum Gasteiger partial charge on any atom is -0.489 e. The van der Waals surface area contributed by atoms with E-state index in [2.05, 4.69) is 0 Å². The first-order valence-electron chi connectivity index (χ1n) is 8.86. The zero-order valence-corrected chi connectivity index (χ0v) is 15.6. The van der Waals surface area contributed by atoms with Crippen LogP contribution in [0.5, 0.6) is 11.5 Å². The van der Waals surface area contributed by atoms with Crippen molar-refractivity contribution >= 4 is 23.6 Å². The minimum absolute atomic E-state index is 0.000865. The average molecular weight is 383 g/mol. The van der Waals surface area contributed by atoms with E-state index in [0.29, 0.717) is 62.5 Å². The van der Waals surface area contributed by atoms with Gasteiger partial charge in [0.15, 0.2) is 11.5 Å². The lowest BCUT2D eigenvalue weighted by molar-refractivity contribution is -0.132. The minimum atomic E-state index is -0.325. The monoisotopic (exact) mass is 382 g/mol. The molecule has 1 fully saturated rings. The Labute approximate surface area is 157 Å². The highest BCUT2D eigenvalue weighted by molar-refractivity contribution is 6.32. The van der Waals surface area contributed by atoms with Crippen molar-refractivity contribution in [3.8, 4) is 11.5 Å². The summed E-state index contributed by atoms with van der Waals surface area (Å²) in [6.45, 7) is 5.21. The van der Waals surface area contributed by atoms with E-state index in [-0.39, 0.29) is 18.4 Å². The Bertz CT molecular complexity index is 674. The molecule has 0 aliphatic carbocycles. The number of fused-ring (bicyclic) bond motifs is 1. The van der Waals surface area contributed by atoms with Gasteiger partial charge in [-0.15, -0.1) is 0 Å². The van der Waals surface area contributed by atoms with Crippen molar-refractivity contribution in [1.82, 2.24) is 9.80 Å². The Balaban J connectivity index is 1.60. The summed E-state index contributed by atoms with van der Waals surface area (Å²) in [5, 5.41) is 0.458. The molecular weight excluding hydrogens is 360 g/mol. The van der Waals surface area contributed by atoms with E-state index in [1.807, 2.05) is 6.07 Å². The van der Waals surface area contributed by atoms with E-state index in [1.165, 1.54) is 0 Å². The maximum atomic E-state index is 12.6. The lowest BCUT2D eigenvalue weighted by Gasteiger charge is -2.34.